The maximum atomic E-state index is 5.40. The summed E-state index contributed by atoms with van der Waals surface area (Å²) in [6.45, 7) is 7.30. The average molecular weight is 448 g/mol. The molecule has 0 aliphatic carbocycles. The number of ether oxygens (including phenoxy) is 2. The molecule has 0 aromatic heterocycles. The molecule has 136 valence electrons. The van der Waals surface area contributed by atoms with E-state index >= 15 is 0 Å². The van der Waals surface area contributed by atoms with Crippen molar-refractivity contribution in [2.45, 2.75) is 32.9 Å². The Bertz CT molecular complexity index is 539. The molecule has 1 aromatic carbocycles. The van der Waals surface area contributed by atoms with E-state index in [1.54, 1.807) is 7.05 Å². The van der Waals surface area contributed by atoms with Gasteiger partial charge in [-0.25, -0.2) is 0 Å². The number of fused-ring (bicyclic) bond motifs is 1. The molecule has 1 aliphatic heterocycles. The lowest BCUT2D eigenvalue weighted by atomic mass is 10.2. The summed E-state index contributed by atoms with van der Waals surface area (Å²) < 4.78 is 10.7. The Morgan fingerprint density at radius 2 is 2.04 bits per heavy atom. The number of halogens is 1. The van der Waals surface area contributed by atoms with Gasteiger partial charge >= 0.3 is 0 Å². The predicted octanol–water partition coefficient (Wildman–Crippen LogP) is 2.43. The normalized spacial score (nSPS) is 14.3. The molecule has 1 aliphatic rings. The van der Waals surface area contributed by atoms with E-state index in [4.69, 9.17) is 9.47 Å². The van der Waals surface area contributed by atoms with Crippen LogP contribution in [0.25, 0.3) is 0 Å². The highest BCUT2D eigenvalue weighted by atomic mass is 127. The highest BCUT2D eigenvalue weighted by Gasteiger charge is 2.13. The zero-order valence-electron chi connectivity index (χ0n) is 15.0. The lowest BCUT2D eigenvalue weighted by molar-refractivity contribution is 0.174. The lowest BCUT2D eigenvalue weighted by Gasteiger charge is -2.24. The van der Waals surface area contributed by atoms with Crippen molar-refractivity contribution in [1.82, 2.24) is 15.5 Å². The van der Waals surface area contributed by atoms with Gasteiger partial charge in [0, 0.05) is 32.7 Å². The van der Waals surface area contributed by atoms with E-state index in [2.05, 4.69) is 41.4 Å². The van der Waals surface area contributed by atoms with Crippen LogP contribution >= 0.6 is 24.0 Å². The van der Waals surface area contributed by atoms with E-state index in [9.17, 15) is 0 Å². The van der Waals surface area contributed by atoms with Crippen LogP contribution in [0.2, 0.25) is 0 Å². The second-order valence-corrected chi connectivity index (χ2v) is 5.78. The molecule has 0 fully saturated rings. The van der Waals surface area contributed by atoms with Crippen molar-refractivity contribution in [3.63, 3.8) is 0 Å². The van der Waals surface area contributed by atoms with Crippen molar-refractivity contribution in [3.8, 4) is 11.5 Å². The molecule has 0 amide bonds. The SMILES string of the molecule is CCC(C)N(C)CCNC(=NC)NCc1ccc2c(c1)OCO2.I. The van der Waals surface area contributed by atoms with Gasteiger partial charge in [0.25, 0.3) is 0 Å². The first-order valence-corrected chi connectivity index (χ1v) is 8.17. The van der Waals surface area contributed by atoms with Gasteiger partial charge in [0.15, 0.2) is 17.5 Å². The fourth-order valence-electron chi connectivity index (χ4n) is 2.34. The maximum absolute atomic E-state index is 5.40. The Hall–Kier alpha value is -1.22. The lowest BCUT2D eigenvalue weighted by Crippen LogP contribution is -2.42. The molecule has 24 heavy (non-hydrogen) atoms. The van der Waals surface area contributed by atoms with Crippen LogP contribution in [0.1, 0.15) is 25.8 Å². The fraction of sp³-hybridized carbons (Fsp3) is 0.588. The molecule has 2 N–H and O–H groups in total. The van der Waals surface area contributed by atoms with Gasteiger partial charge in [0.2, 0.25) is 6.79 Å². The van der Waals surface area contributed by atoms with Gasteiger partial charge < -0.3 is 25.0 Å². The zero-order chi connectivity index (χ0) is 16.7. The first-order valence-electron chi connectivity index (χ1n) is 8.17. The van der Waals surface area contributed by atoms with Gasteiger partial charge in [-0.2, -0.15) is 0 Å². The number of likely N-dealkylation sites (N-methyl/N-ethyl adjacent to an activating group) is 1. The second kappa shape index (κ2) is 10.6. The van der Waals surface area contributed by atoms with E-state index < -0.39 is 0 Å². The molecule has 7 heteroatoms. The predicted molar refractivity (Wildman–Crippen MR) is 109 cm³/mol. The minimum absolute atomic E-state index is 0. The number of guanidine groups is 1. The second-order valence-electron chi connectivity index (χ2n) is 5.78. The molecule has 6 nitrogen and oxygen atoms in total. The van der Waals surface area contributed by atoms with Crippen LogP contribution in [0.15, 0.2) is 23.2 Å². The van der Waals surface area contributed by atoms with Gasteiger partial charge in [-0.1, -0.05) is 13.0 Å². The molecule has 1 aromatic rings. The summed E-state index contributed by atoms with van der Waals surface area (Å²) in [7, 11) is 3.94. The zero-order valence-corrected chi connectivity index (χ0v) is 17.3. The molecule has 1 unspecified atom stereocenters. The Morgan fingerprint density at radius 1 is 1.29 bits per heavy atom. The Morgan fingerprint density at radius 3 is 2.75 bits per heavy atom. The number of benzene rings is 1. The standard InChI is InChI=1S/C17H28N4O2.HI/c1-5-13(2)21(4)9-8-19-17(18-3)20-11-14-6-7-15-16(10-14)23-12-22-15;/h6-7,10,13H,5,8-9,11-12H2,1-4H3,(H2,18,19,20);1H. The minimum atomic E-state index is 0. The van der Waals surface area contributed by atoms with Crippen molar-refractivity contribution >= 4 is 29.9 Å². The number of hydrogen-bond acceptors (Lipinski definition) is 4. The quantitative estimate of drug-likeness (QED) is 0.381. The summed E-state index contributed by atoms with van der Waals surface area (Å²) in [4.78, 5) is 6.60. The molecular formula is C17H29IN4O2. The monoisotopic (exact) mass is 448 g/mol. The highest BCUT2D eigenvalue weighted by Crippen LogP contribution is 2.32. The summed E-state index contributed by atoms with van der Waals surface area (Å²) >= 11 is 0. The van der Waals surface area contributed by atoms with Gasteiger partial charge in [0.1, 0.15) is 0 Å². The number of nitrogens with zero attached hydrogens (tertiary/aromatic N) is 2. The van der Waals surface area contributed by atoms with Crippen LogP contribution in [-0.2, 0) is 6.54 Å². The van der Waals surface area contributed by atoms with Gasteiger partial charge in [0.05, 0.1) is 0 Å². The van der Waals surface area contributed by atoms with Crippen molar-refractivity contribution in [2.24, 2.45) is 4.99 Å². The average Bonchev–Trinajstić information content (AvgIpc) is 3.04. The maximum Gasteiger partial charge on any atom is 0.231 e. The van der Waals surface area contributed by atoms with Crippen molar-refractivity contribution < 1.29 is 9.47 Å². The molecule has 0 saturated heterocycles. The molecule has 2 rings (SSSR count). The number of rotatable bonds is 7. The topological polar surface area (TPSA) is 58.1 Å². The third kappa shape index (κ3) is 6.01. The molecule has 0 bridgehead atoms. The Balaban J connectivity index is 0.00000288. The fourth-order valence-corrected chi connectivity index (χ4v) is 2.34. The van der Waals surface area contributed by atoms with Crippen molar-refractivity contribution in [2.75, 3.05) is 34.0 Å². The number of hydrogen-bond donors (Lipinski definition) is 2. The Kier molecular flexibility index (Phi) is 9.20. The van der Waals surface area contributed by atoms with E-state index in [0.29, 0.717) is 19.4 Å². The summed E-state index contributed by atoms with van der Waals surface area (Å²) in [5, 5.41) is 6.66. The van der Waals surface area contributed by atoms with Gasteiger partial charge in [-0.05, 0) is 38.1 Å². The van der Waals surface area contributed by atoms with Crippen LogP contribution in [0.3, 0.4) is 0 Å². The van der Waals surface area contributed by atoms with Crippen LogP contribution in [0, 0.1) is 0 Å². The van der Waals surface area contributed by atoms with Crippen molar-refractivity contribution in [3.05, 3.63) is 23.8 Å². The van der Waals surface area contributed by atoms with E-state index in [1.807, 2.05) is 18.2 Å². The third-order valence-corrected chi connectivity index (χ3v) is 4.22. The first kappa shape index (κ1) is 20.8. The highest BCUT2D eigenvalue weighted by molar-refractivity contribution is 14.0. The van der Waals surface area contributed by atoms with Crippen LogP contribution in [0.4, 0.5) is 0 Å². The van der Waals surface area contributed by atoms with Crippen LogP contribution in [-0.4, -0.2) is 50.9 Å². The summed E-state index contributed by atoms with van der Waals surface area (Å²) in [6, 6.07) is 6.57. The summed E-state index contributed by atoms with van der Waals surface area (Å²) in [6.07, 6.45) is 1.16. The molecule has 1 heterocycles. The number of nitrogens with one attached hydrogen (secondary N) is 2. The van der Waals surface area contributed by atoms with Crippen molar-refractivity contribution in [1.29, 1.82) is 0 Å². The van der Waals surface area contributed by atoms with Gasteiger partial charge in [-0.3, -0.25) is 4.99 Å². The third-order valence-electron chi connectivity index (χ3n) is 4.22. The first-order chi connectivity index (χ1) is 11.1. The molecule has 0 spiro atoms. The summed E-state index contributed by atoms with van der Waals surface area (Å²) in [5.74, 6) is 2.42. The molecule has 0 saturated carbocycles. The van der Waals surface area contributed by atoms with Gasteiger partial charge in [-0.15, -0.1) is 24.0 Å². The molecule has 1 atom stereocenters. The van der Waals surface area contributed by atoms with Crippen LogP contribution < -0.4 is 20.1 Å². The van der Waals surface area contributed by atoms with E-state index in [1.165, 1.54) is 0 Å². The minimum Gasteiger partial charge on any atom is -0.454 e. The molecular weight excluding hydrogens is 419 g/mol. The summed E-state index contributed by atoms with van der Waals surface area (Å²) in [5.41, 5.74) is 1.13. The number of aliphatic imine (C=N–C) groups is 1. The molecule has 0 radical (unpaired) electrons. The van der Waals surface area contributed by atoms with E-state index in [0.717, 1.165) is 42.5 Å². The Labute approximate surface area is 162 Å². The largest absolute Gasteiger partial charge is 0.454 e. The smallest absolute Gasteiger partial charge is 0.231 e. The van der Waals surface area contributed by atoms with E-state index in [-0.39, 0.29) is 24.0 Å². The van der Waals surface area contributed by atoms with Crippen LogP contribution in [0.5, 0.6) is 11.5 Å².